The number of aryl methyl sites for hydroxylation is 2. The van der Waals surface area contributed by atoms with Crippen molar-refractivity contribution < 1.29 is 4.79 Å². The molecular weight excluding hydrogens is 406 g/mol. The summed E-state index contributed by atoms with van der Waals surface area (Å²) in [6.07, 6.45) is 3.74. The van der Waals surface area contributed by atoms with E-state index in [9.17, 15) is 9.59 Å². The maximum atomic E-state index is 13.3. The second-order valence-electron chi connectivity index (χ2n) is 7.40. The molecule has 156 valence electrons. The van der Waals surface area contributed by atoms with Crippen molar-refractivity contribution in [2.24, 2.45) is 0 Å². The zero-order valence-corrected chi connectivity index (χ0v) is 18.4. The van der Waals surface area contributed by atoms with Crippen molar-refractivity contribution in [3.05, 3.63) is 93.9 Å². The standard InChI is InChI=1S/C25H23N3O2S/c1-3-6-18-9-11-19(12-10-18)22(29)16-31-25-27-21-8-5-4-7-20(21)24(30)28(25)23-15-17(2)13-14-26-23/h4-5,7-15H,3,6,16H2,1-2H3. The topological polar surface area (TPSA) is 64.8 Å². The van der Waals surface area contributed by atoms with E-state index < -0.39 is 0 Å². The highest BCUT2D eigenvalue weighted by molar-refractivity contribution is 7.99. The predicted molar refractivity (Wildman–Crippen MR) is 125 cm³/mol. The Bertz CT molecular complexity index is 1300. The lowest BCUT2D eigenvalue weighted by atomic mass is 10.1. The average Bonchev–Trinajstić information content (AvgIpc) is 2.78. The van der Waals surface area contributed by atoms with Crippen LogP contribution < -0.4 is 5.56 Å². The van der Waals surface area contributed by atoms with Gasteiger partial charge in [-0.2, -0.15) is 0 Å². The van der Waals surface area contributed by atoms with Crippen molar-refractivity contribution in [3.63, 3.8) is 0 Å². The van der Waals surface area contributed by atoms with Gasteiger partial charge in [0, 0.05) is 11.8 Å². The van der Waals surface area contributed by atoms with E-state index in [0.29, 0.717) is 27.4 Å². The maximum absolute atomic E-state index is 13.3. The van der Waals surface area contributed by atoms with Crippen molar-refractivity contribution in [1.82, 2.24) is 14.5 Å². The first-order valence-electron chi connectivity index (χ1n) is 10.3. The van der Waals surface area contributed by atoms with E-state index in [2.05, 4.69) is 16.9 Å². The molecule has 0 aliphatic carbocycles. The second-order valence-corrected chi connectivity index (χ2v) is 8.34. The molecule has 0 aliphatic rings. The van der Waals surface area contributed by atoms with E-state index in [1.165, 1.54) is 21.9 Å². The van der Waals surface area contributed by atoms with Gasteiger partial charge in [-0.3, -0.25) is 9.59 Å². The molecule has 0 radical (unpaired) electrons. The van der Waals surface area contributed by atoms with E-state index in [1.54, 1.807) is 12.3 Å². The summed E-state index contributed by atoms with van der Waals surface area (Å²) in [5.41, 5.74) is 3.29. The molecule has 0 amide bonds. The number of carbonyl (C=O) groups is 1. The minimum Gasteiger partial charge on any atom is -0.293 e. The Balaban J connectivity index is 1.68. The van der Waals surface area contributed by atoms with Gasteiger partial charge in [-0.1, -0.05) is 61.5 Å². The van der Waals surface area contributed by atoms with Gasteiger partial charge in [0.1, 0.15) is 5.82 Å². The van der Waals surface area contributed by atoms with E-state index in [0.717, 1.165) is 18.4 Å². The average molecular weight is 430 g/mol. The largest absolute Gasteiger partial charge is 0.293 e. The molecule has 0 unspecified atom stereocenters. The molecule has 0 bridgehead atoms. The number of aromatic nitrogens is 3. The number of hydrogen-bond acceptors (Lipinski definition) is 5. The fraction of sp³-hybridized carbons (Fsp3) is 0.200. The van der Waals surface area contributed by atoms with Crippen molar-refractivity contribution in [2.75, 3.05) is 5.75 Å². The van der Waals surface area contributed by atoms with Crippen LogP contribution >= 0.6 is 11.8 Å². The van der Waals surface area contributed by atoms with E-state index in [1.807, 2.05) is 61.5 Å². The number of benzene rings is 2. The Hall–Kier alpha value is -3.25. The van der Waals surface area contributed by atoms with Crippen LogP contribution in [0.2, 0.25) is 0 Å². The lowest BCUT2D eigenvalue weighted by molar-refractivity contribution is 0.102. The van der Waals surface area contributed by atoms with Gasteiger partial charge in [0.25, 0.3) is 5.56 Å². The fourth-order valence-electron chi connectivity index (χ4n) is 3.41. The number of para-hydroxylation sites is 1. The van der Waals surface area contributed by atoms with Crippen LogP contribution in [0.15, 0.2) is 76.8 Å². The third kappa shape index (κ3) is 4.59. The molecule has 6 heteroatoms. The van der Waals surface area contributed by atoms with Gasteiger partial charge in [-0.15, -0.1) is 0 Å². The van der Waals surface area contributed by atoms with Crippen LogP contribution in [0.4, 0.5) is 0 Å². The molecule has 2 aromatic carbocycles. The first-order chi connectivity index (χ1) is 15.1. The number of thioether (sulfide) groups is 1. The third-order valence-electron chi connectivity index (χ3n) is 5.02. The molecule has 4 aromatic rings. The lowest BCUT2D eigenvalue weighted by Crippen LogP contribution is -2.23. The first-order valence-corrected chi connectivity index (χ1v) is 11.2. The Labute approximate surface area is 185 Å². The van der Waals surface area contributed by atoms with Gasteiger partial charge in [-0.05, 0) is 48.7 Å². The van der Waals surface area contributed by atoms with Gasteiger partial charge in [0.15, 0.2) is 10.9 Å². The van der Waals surface area contributed by atoms with Crippen LogP contribution in [-0.4, -0.2) is 26.1 Å². The molecule has 0 atom stereocenters. The van der Waals surface area contributed by atoms with Crippen LogP contribution in [0.1, 0.15) is 34.8 Å². The number of carbonyl (C=O) groups excluding carboxylic acids is 1. The smallest absolute Gasteiger partial charge is 0.267 e. The molecule has 5 nitrogen and oxygen atoms in total. The molecule has 31 heavy (non-hydrogen) atoms. The van der Waals surface area contributed by atoms with Crippen LogP contribution in [0.3, 0.4) is 0 Å². The van der Waals surface area contributed by atoms with Gasteiger partial charge < -0.3 is 0 Å². The molecule has 0 spiro atoms. The normalized spacial score (nSPS) is 11.0. The monoisotopic (exact) mass is 429 g/mol. The Morgan fingerprint density at radius 2 is 1.84 bits per heavy atom. The SMILES string of the molecule is CCCc1ccc(C(=O)CSc2nc3ccccc3c(=O)n2-c2cc(C)ccn2)cc1. The Morgan fingerprint density at radius 1 is 1.06 bits per heavy atom. The highest BCUT2D eigenvalue weighted by atomic mass is 32.2. The number of rotatable bonds is 7. The Morgan fingerprint density at radius 3 is 2.58 bits per heavy atom. The molecule has 2 heterocycles. The maximum Gasteiger partial charge on any atom is 0.267 e. The molecule has 0 saturated heterocycles. The number of pyridine rings is 1. The molecule has 4 rings (SSSR count). The zero-order chi connectivity index (χ0) is 21.8. The van der Waals surface area contributed by atoms with Gasteiger partial charge >= 0.3 is 0 Å². The highest BCUT2D eigenvalue weighted by Crippen LogP contribution is 2.22. The molecule has 0 saturated carbocycles. The van der Waals surface area contributed by atoms with E-state index in [-0.39, 0.29) is 17.1 Å². The number of Topliss-reactive ketones (excluding diaryl/α,β-unsaturated/α-hetero) is 1. The van der Waals surface area contributed by atoms with Crippen molar-refractivity contribution in [3.8, 4) is 5.82 Å². The van der Waals surface area contributed by atoms with Crippen molar-refractivity contribution in [1.29, 1.82) is 0 Å². The number of fused-ring (bicyclic) bond motifs is 1. The summed E-state index contributed by atoms with van der Waals surface area (Å²) in [5.74, 6) is 0.685. The van der Waals surface area contributed by atoms with E-state index in [4.69, 9.17) is 0 Å². The summed E-state index contributed by atoms with van der Waals surface area (Å²) in [4.78, 5) is 35.1. The summed E-state index contributed by atoms with van der Waals surface area (Å²) in [5, 5.41) is 0.978. The summed E-state index contributed by atoms with van der Waals surface area (Å²) in [7, 11) is 0. The van der Waals surface area contributed by atoms with Crippen molar-refractivity contribution >= 4 is 28.4 Å². The first kappa shape index (κ1) is 21.0. The van der Waals surface area contributed by atoms with Gasteiger partial charge in [0.05, 0.1) is 16.7 Å². The third-order valence-corrected chi connectivity index (χ3v) is 5.96. The second kappa shape index (κ2) is 9.27. The van der Waals surface area contributed by atoms with Gasteiger partial charge in [-0.25, -0.2) is 14.5 Å². The molecule has 0 N–H and O–H groups in total. The van der Waals surface area contributed by atoms with Crippen LogP contribution in [-0.2, 0) is 6.42 Å². The lowest BCUT2D eigenvalue weighted by Gasteiger charge is -2.12. The van der Waals surface area contributed by atoms with Crippen LogP contribution in [0.25, 0.3) is 16.7 Å². The fourth-order valence-corrected chi connectivity index (χ4v) is 4.31. The molecule has 2 aromatic heterocycles. The van der Waals surface area contributed by atoms with Crippen molar-refractivity contribution in [2.45, 2.75) is 31.8 Å². The minimum absolute atomic E-state index is 0.000734. The summed E-state index contributed by atoms with van der Waals surface area (Å²) < 4.78 is 1.50. The number of nitrogens with zero attached hydrogens (tertiary/aromatic N) is 3. The molecule has 0 aliphatic heterocycles. The Kier molecular flexibility index (Phi) is 6.28. The quantitative estimate of drug-likeness (QED) is 0.235. The number of ketones is 1. The molecular formula is C25H23N3O2S. The van der Waals surface area contributed by atoms with Gasteiger partial charge in [0.2, 0.25) is 0 Å². The molecule has 0 fully saturated rings. The minimum atomic E-state index is -0.192. The highest BCUT2D eigenvalue weighted by Gasteiger charge is 2.16. The van der Waals surface area contributed by atoms with E-state index >= 15 is 0 Å². The summed E-state index contributed by atoms with van der Waals surface area (Å²) in [6, 6.07) is 18.7. The number of hydrogen-bond donors (Lipinski definition) is 0. The zero-order valence-electron chi connectivity index (χ0n) is 17.5. The van der Waals surface area contributed by atoms with Crippen LogP contribution in [0, 0.1) is 6.92 Å². The summed E-state index contributed by atoms with van der Waals surface area (Å²) >= 11 is 1.26. The van der Waals surface area contributed by atoms with Crippen LogP contribution in [0.5, 0.6) is 0 Å². The summed E-state index contributed by atoms with van der Waals surface area (Å²) in [6.45, 7) is 4.08. The predicted octanol–water partition coefficient (Wildman–Crippen LogP) is 5.02.